The summed E-state index contributed by atoms with van der Waals surface area (Å²) in [6.07, 6.45) is 4.51. The second kappa shape index (κ2) is 7.39. The fraction of sp³-hybridized carbons (Fsp3) is 0.412. The first-order valence-corrected chi connectivity index (χ1v) is 7.88. The summed E-state index contributed by atoms with van der Waals surface area (Å²) in [5, 5.41) is 7.23. The fourth-order valence-corrected chi connectivity index (χ4v) is 2.86. The Morgan fingerprint density at radius 2 is 2.35 bits per heavy atom. The van der Waals surface area contributed by atoms with Crippen molar-refractivity contribution in [3.8, 4) is 5.69 Å². The molecular formula is C17H22N4O2. The van der Waals surface area contributed by atoms with Crippen molar-refractivity contribution in [2.45, 2.75) is 6.42 Å². The number of carbonyl (C=O) groups is 1. The predicted octanol–water partition coefficient (Wildman–Crippen LogP) is 1.78. The molecule has 0 saturated carbocycles. The maximum atomic E-state index is 12.4. The van der Waals surface area contributed by atoms with Crippen LogP contribution >= 0.6 is 0 Å². The number of nitrogens with zero attached hydrogens (tertiary/aromatic N) is 3. The van der Waals surface area contributed by atoms with Crippen molar-refractivity contribution in [1.82, 2.24) is 14.7 Å². The molecule has 6 nitrogen and oxygen atoms in total. The van der Waals surface area contributed by atoms with Crippen LogP contribution in [0, 0.1) is 5.92 Å². The summed E-state index contributed by atoms with van der Waals surface area (Å²) in [7, 11) is 1.70. The van der Waals surface area contributed by atoms with Gasteiger partial charge in [0.15, 0.2) is 0 Å². The average molecular weight is 314 g/mol. The highest BCUT2D eigenvalue weighted by atomic mass is 16.5. The molecule has 2 aromatic rings. The molecule has 23 heavy (non-hydrogen) atoms. The summed E-state index contributed by atoms with van der Waals surface area (Å²) < 4.78 is 6.87. The van der Waals surface area contributed by atoms with Crippen LogP contribution in [-0.2, 0) is 9.53 Å². The number of aromatic nitrogens is 2. The second-order valence-corrected chi connectivity index (χ2v) is 5.77. The molecule has 1 atom stereocenters. The van der Waals surface area contributed by atoms with Crippen LogP contribution < -0.4 is 5.32 Å². The largest absolute Gasteiger partial charge is 0.383 e. The molecule has 0 bridgehead atoms. The topological polar surface area (TPSA) is 59.4 Å². The highest BCUT2D eigenvalue weighted by molar-refractivity contribution is 5.93. The maximum Gasteiger partial charge on any atom is 0.228 e. The number of methoxy groups -OCH3 is 1. The lowest BCUT2D eigenvalue weighted by molar-refractivity contribution is -0.119. The van der Waals surface area contributed by atoms with E-state index in [0.29, 0.717) is 6.61 Å². The van der Waals surface area contributed by atoms with Crippen LogP contribution in [0.5, 0.6) is 0 Å². The van der Waals surface area contributed by atoms with Gasteiger partial charge in [-0.3, -0.25) is 4.79 Å². The van der Waals surface area contributed by atoms with Gasteiger partial charge >= 0.3 is 0 Å². The van der Waals surface area contributed by atoms with Crippen LogP contribution in [0.4, 0.5) is 5.69 Å². The smallest absolute Gasteiger partial charge is 0.228 e. The van der Waals surface area contributed by atoms with Crippen molar-refractivity contribution >= 4 is 11.6 Å². The van der Waals surface area contributed by atoms with E-state index in [1.165, 1.54) is 0 Å². The molecule has 1 aliphatic rings. The number of carbonyl (C=O) groups excluding carboxylic acids is 1. The molecule has 1 aliphatic heterocycles. The lowest BCUT2D eigenvalue weighted by Crippen LogP contribution is -2.29. The molecule has 1 saturated heterocycles. The van der Waals surface area contributed by atoms with Gasteiger partial charge in [-0.1, -0.05) is 6.07 Å². The second-order valence-electron chi connectivity index (χ2n) is 5.77. The molecule has 3 rings (SSSR count). The Kier molecular flexibility index (Phi) is 5.05. The molecule has 1 aromatic heterocycles. The number of anilines is 1. The minimum absolute atomic E-state index is 0.0419. The normalized spacial score (nSPS) is 18.2. The van der Waals surface area contributed by atoms with E-state index < -0.39 is 0 Å². The van der Waals surface area contributed by atoms with Gasteiger partial charge in [0.2, 0.25) is 5.91 Å². The van der Waals surface area contributed by atoms with Crippen LogP contribution in [-0.4, -0.2) is 53.9 Å². The minimum atomic E-state index is 0.0419. The summed E-state index contributed by atoms with van der Waals surface area (Å²) in [4.78, 5) is 14.7. The molecular weight excluding hydrogens is 292 g/mol. The maximum absolute atomic E-state index is 12.4. The lowest BCUT2D eigenvalue weighted by atomic mass is 10.1. The molecule has 1 fully saturated rings. The van der Waals surface area contributed by atoms with Crippen LogP contribution in [0.1, 0.15) is 6.42 Å². The number of amides is 1. The number of nitrogens with one attached hydrogen (secondary N) is 1. The highest BCUT2D eigenvalue weighted by Gasteiger charge is 2.27. The first-order chi connectivity index (χ1) is 11.3. The Morgan fingerprint density at radius 3 is 3.13 bits per heavy atom. The molecule has 1 N–H and O–H groups in total. The van der Waals surface area contributed by atoms with Crippen molar-refractivity contribution in [3.63, 3.8) is 0 Å². The summed E-state index contributed by atoms with van der Waals surface area (Å²) in [5.74, 6) is 0.128. The van der Waals surface area contributed by atoms with Crippen molar-refractivity contribution in [2.75, 3.05) is 38.7 Å². The number of benzene rings is 1. The lowest BCUT2D eigenvalue weighted by Gasteiger charge is -2.15. The zero-order valence-corrected chi connectivity index (χ0v) is 13.3. The van der Waals surface area contributed by atoms with E-state index in [-0.39, 0.29) is 11.8 Å². The fourth-order valence-electron chi connectivity index (χ4n) is 2.86. The quantitative estimate of drug-likeness (QED) is 0.883. The van der Waals surface area contributed by atoms with Gasteiger partial charge in [-0.15, -0.1) is 0 Å². The summed E-state index contributed by atoms with van der Waals surface area (Å²) >= 11 is 0. The number of ether oxygens (including phenoxy) is 1. The number of likely N-dealkylation sites (tertiary alicyclic amines) is 1. The van der Waals surface area contributed by atoms with Crippen LogP contribution in [0.25, 0.3) is 5.69 Å². The van der Waals surface area contributed by atoms with Crippen LogP contribution in [0.2, 0.25) is 0 Å². The molecule has 0 spiro atoms. The van der Waals surface area contributed by atoms with Crippen LogP contribution in [0.15, 0.2) is 42.7 Å². The van der Waals surface area contributed by atoms with Crippen molar-refractivity contribution in [1.29, 1.82) is 0 Å². The zero-order valence-electron chi connectivity index (χ0n) is 13.3. The zero-order chi connectivity index (χ0) is 16.1. The van der Waals surface area contributed by atoms with Gasteiger partial charge in [-0.25, -0.2) is 4.68 Å². The Bertz CT molecular complexity index is 642. The molecule has 6 heteroatoms. The average Bonchev–Trinajstić information content (AvgIpc) is 3.25. The first kappa shape index (κ1) is 15.7. The third kappa shape index (κ3) is 3.97. The number of hydrogen-bond donors (Lipinski definition) is 1. The van der Waals surface area contributed by atoms with E-state index in [1.54, 1.807) is 18.0 Å². The SMILES string of the molecule is COCCN1CCC(C(=O)Nc2cccc(-n3cccn3)c2)C1. The molecule has 0 radical (unpaired) electrons. The van der Waals surface area contributed by atoms with Gasteiger partial charge in [0.1, 0.15) is 0 Å². The third-order valence-corrected chi connectivity index (χ3v) is 4.14. The monoisotopic (exact) mass is 314 g/mol. The Morgan fingerprint density at radius 1 is 1.43 bits per heavy atom. The minimum Gasteiger partial charge on any atom is -0.383 e. The Labute approximate surface area is 136 Å². The number of rotatable bonds is 6. The van der Waals surface area contributed by atoms with Crippen molar-refractivity contribution < 1.29 is 9.53 Å². The van der Waals surface area contributed by atoms with E-state index in [0.717, 1.165) is 37.4 Å². The highest BCUT2D eigenvalue weighted by Crippen LogP contribution is 2.19. The van der Waals surface area contributed by atoms with E-state index in [2.05, 4.69) is 15.3 Å². The molecule has 122 valence electrons. The molecule has 0 aliphatic carbocycles. The van der Waals surface area contributed by atoms with E-state index in [1.807, 2.05) is 36.5 Å². The summed E-state index contributed by atoms with van der Waals surface area (Å²) in [6, 6.07) is 9.60. The first-order valence-electron chi connectivity index (χ1n) is 7.88. The predicted molar refractivity (Wildman–Crippen MR) is 88.6 cm³/mol. The summed E-state index contributed by atoms with van der Waals surface area (Å²) in [6.45, 7) is 3.35. The van der Waals surface area contributed by atoms with Crippen molar-refractivity contribution in [2.24, 2.45) is 5.92 Å². The summed E-state index contributed by atoms with van der Waals surface area (Å²) in [5.41, 5.74) is 1.74. The van der Waals surface area contributed by atoms with Gasteiger partial charge in [0, 0.05) is 38.3 Å². The van der Waals surface area contributed by atoms with Crippen LogP contribution in [0.3, 0.4) is 0 Å². The van der Waals surface area contributed by atoms with Crippen molar-refractivity contribution in [3.05, 3.63) is 42.7 Å². The third-order valence-electron chi connectivity index (χ3n) is 4.14. The number of hydrogen-bond acceptors (Lipinski definition) is 4. The van der Waals surface area contributed by atoms with Gasteiger partial charge in [-0.05, 0) is 37.2 Å². The molecule has 1 aromatic carbocycles. The standard InChI is InChI=1S/C17H22N4O2/c1-23-11-10-20-9-6-14(13-20)17(22)19-15-4-2-5-16(12-15)21-8-3-7-18-21/h2-5,7-8,12,14H,6,9-11,13H2,1H3,(H,19,22). The van der Waals surface area contributed by atoms with Gasteiger partial charge < -0.3 is 15.0 Å². The van der Waals surface area contributed by atoms with E-state index in [9.17, 15) is 4.79 Å². The van der Waals surface area contributed by atoms with E-state index >= 15 is 0 Å². The molecule has 2 heterocycles. The van der Waals surface area contributed by atoms with E-state index in [4.69, 9.17) is 4.74 Å². The molecule has 1 amide bonds. The van der Waals surface area contributed by atoms with Gasteiger partial charge in [-0.2, -0.15) is 5.10 Å². The Hall–Kier alpha value is -2.18. The van der Waals surface area contributed by atoms with Gasteiger partial charge in [0.05, 0.1) is 18.2 Å². The molecule has 1 unspecified atom stereocenters. The Balaban J connectivity index is 1.59. The van der Waals surface area contributed by atoms with Gasteiger partial charge in [0.25, 0.3) is 0 Å².